The van der Waals surface area contributed by atoms with E-state index in [1.807, 2.05) is 30.3 Å². The molecule has 3 rings (SSSR count). The lowest BCUT2D eigenvalue weighted by molar-refractivity contribution is 0.128. The molecule has 1 heterocycles. The van der Waals surface area contributed by atoms with E-state index in [0.29, 0.717) is 6.61 Å². The summed E-state index contributed by atoms with van der Waals surface area (Å²) in [5, 5.41) is 15.7. The first kappa shape index (κ1) is 12.4. The van der Waals surface area contributed by atoms with Gasteiger partial charge in [-0.15, -0.1) is 11.3 Å². The summed E-state index contributed by atoms with van der Waals surface area (Å²) in [5.41, 5.74) is 3.11. The highest BCUT2D eigenvalue weighted by molar-refractivity contribution is 7.10. The molecule has 0 fully saturated rings. The highest BCUT2D eigenvalue weighted by atomic mass is 32.1. The molecule has 2 aromatic rings. The van der Waals surface area contributed by atoms with Gasteiger partial charge in [0.2, 0.25) is 0 Å². The summed E-state index contributed by atoms with van der Waals surface area (Å²) in [4.78, 5) is 6.74. The fourth-order valence-electron chi connectivity index (χ4n) is 2.29. The standard InChI is InChI=1S/C15H15NO2S/c17-9-12-8-14-13(6-7-19-14)15(12)16-18-10-11-4-2-1-3-5-11/h1-7,12,17H,8-10H2/b16-15+. The average molecular weight is 273 g/mol. The third-order valence-electron chi connectivity index (χ3n) is 3.30. The van der Waals surface area contributed by atoms with Crippen molar-refractivity contribution in [1.82, 2.24) is 0 Å². The summed E-state index contributed by atoms with van der Waals surface area (Å²) in [6.07, 6.45) is 0.872. The summed E-state index contributed by atoms with van der Waals surface area (Å²) in [6, 6.07) is 12.0. The van der Waals surface area contributed by atoms with Gasteiger partial charge in [0.05, 0.1) is 12.3 Å². The highest BCUT2D eigenvalue weighted by Gasteiger charge is 2.29. The Labute approximate surface area is 116 Å². The monoisotopic (exact) mass is 273 g/mol. The van der Waals surface area contributed by atoms with Crippen molar-refractivity contribution in [2.75, 3.05) is 6.61 Å². The molecule has 0 bridgehead atoms. The van der Waals surface area contributed by atoms with Crippen molar-refractivity contribution < 1.29 is 9.94 Å². The Hall–Kier alpha value is -1.65. The molecule has 19 heavy (non-hydrogen) atoms. The third-order valence-corrected chi connectivity index (χ3v) is 4.24. The normalized spacial score (nSPS) is 19.6. The maximum atomic E-state index is 9.41. The molecule has 1 aliphatic carbocycles. The van der Waals surface area contributed by atoms with Gasteiger partial charge < -0.3 is 9.94 Å². The SMILES string of the molecule is OCC1Cc2sccc2/C1=N/OCc1ccccc1. The predicted octanol–water partition coefficient (Wildman–Crippen LogP) is 2.83. The second-order valence-corrected chi connectivity index (χ2v) is 5.58. The number of benzene rings is 1. The number of fused-ring (bicyclic) bond motifs is 1. The van der Waals surface area contributed by atoms with Crippen molar-refractivity contribution in [2.45, 2.75) is 13.0 Å². The van der Waals surface area contributed by atoms with E-state index in [0.717, 1.165) is 23.3 Å². The Kier molecular flexibility index (Phi) is 3.62. The smallest absolute Gasteiger partial charge is 0.142 e. The topological polar surface area (TPSA) is 41.8 Å². The van der Waals surface area contributed by atoms with Crippen LogP contribution in [0.5, 0.6) is 0 Å². The van der Waals surface area contributed by atoms with Crippen LogP contribution in [0.2, 0.25) is 0 Å². The lowest BCUT2D eigenvalue weighted by Gasteiger charge is -2.07. The molecule has 0 radical (unpaired) electrons. The minimum absolute atomic E-state index is 0.0817. The Bertz CT molecular complexity index is 577. The van der Waals surface area contributed by atoms with Crippen LogP contribution >= 0.6 is 11.3 Å². The van der Waals surface area contributed by atoms with E-state index in [9.17, 15) is 5.11 Å². The van der Waals surface area contributed by atoms with Gasteiger partial charge in [0.1, 0.15) is 6.61 Å². The van der Waals surface area contributed by atoms with Crippen LogP contribution in [0.25, 0.3) is 0 Å². The van der Waals surface area contributed by atoms with Crippen molar-refractivity contribution >= 4 is 17.0 Å². The van der Waals surface area contributed by atoms with Crippen LogP contribution in [0.3, 0.4) is 0 Å². The summed E-state index contributed by atoms with van der Waals surface area (Å²) >= 11 is 1.72. The number of aliphatic hydroxyl groups is 1. The van der Waals surface area contributed by atoms with Gasteiger partial charge in [0.15, 0.2) is 0 Å². The van der Waals surface area contributed by atoms with Crippen molar-refractivity contribution in [3.63, 3.8) is 0 Å². The number of thiophene rings is 1. The molecule has 1 aromatic heterocycles. The molecule has 1 atom stereocenters. The zero-order valence-corrected chi connectivity index (χ0v) is 11.3. The molecule has 1 N–H and O–H groups in total. The van der Waals surface area contributed by atoms with Gasteiger partial charge in [-0.05, 0) is 23.4 Å². The highest BCUT2D eigenvalue weighted by Crippen LogP contribution is 2.31. The fraction of sp³-hybridized carbons (Fsp3) is 0.267. The molecule has 0 aliphatic heterocycles. The zero-order chi connectivity index (χ0) is 13.1. The predicted molar refractivity (Wildman–Crippen MR) is 76.4 cm³/mol. The van der Waals surface area contributed by atoms with Crippen LogP contribution in [-0.4, -0.2) is 17.4 Å². The largest absolute Gasteiger partial charge is 0.396 e. The van der Waals surface area contributed by atoms with Gasteiger partial charge in [-0.3, -0.25) is 0 Å². The maximum Gasteiger partial charge on any atom is 0.142 e. The van der Waals surface area contributed by atoms with Crippen LogP contribution in [-0.2, 0) is 17.9 Å². The Morgan fingerprint density at radius 3 is 2.89 bits per heavy atom. The molecule has 1 aromatic carbocycles. The third kappa shape index (κ3) is 2.55. The fourth-order valence-corrected chi connectivity index (χ4v) is 3.26. The van der Waals surface area contributed by atoms with Crippen molar-refractivity contribution in [3.8, 4) is 0 Å². The molecule has 0 saturated heterocycles. The molecular formula is C15H15NO2S. The van der Waals surface area contributed by atoms with E-state index in [4.69, 9.17) is 4.84 Å². The second-order valence-electron chi connectivity index (χ2n) is 4.58. The van der Waals surface area contributed by atoms with Crippen molar-refractivity contribution in [2.24, 2.45) is 11.1 Å². The number of nitrogens with zero attached hydrogens (tertiary/aromatic N) is 1. The molecule has 0 saturated carbocycles. The number of hydrogen-bond donors (Lipinski definition) is 1. The quantitative estimate of drug-likeness (QED) is 0.870. The molecule has 1 unspecified atom stereocenters. The van der Waals surface area contributed by atoms with E-state index < -0.39 is 0 Å². The summed E-state index contributed by atoms with van der Waals surface area (Å²) in [5.74, 6) is 0.0817. The molecule has 0 amide bonds. The minimum Gasteiger partial charge on any atom is -0.396 e. The Morgan fingerprint density at radius 1 is 1.26 bits per heavy atom. The van der Waals surface area contributed by atoms with Crippen LogP contribution in [0.4, 0.5) is 0 Å². The Morgan fingerprint density at radius 2 is 2.11 bits per heavy atom. The molecular weight excluding hydrogens is 258 g/mol. The first-order valence-electron chi connectivity index (χ1n) is 6.30. The van der Waals surface area contributed by atoms with Gasteiger partial charge in [0, 0.05) is 16.4 Å². The number of oxime groups is 1. The lowest BCUT2D eigenvalue weighted by Crippen LogP contribution is -2.15. The van der Waals surface area contributed by atoms with Crippen molar-refractivity contribution in [3.05, 3.63) is 57.8 Å². The molecule has 98 valence electrons. The summed E-state index contributed by atoms with van der Waals surface area (Å²) in [7, 11) is 0. The van der Waals surface area contributed by atoms with Crippen molar-refractivity contribution in [1.29, 1.82) is 0 Å². The van der Waals surface area contributed by atoms with E-state index in [2.05, 4.69) is 16.6 Å². The number of rotatable bonds is 4. The molecule has 4 heteroatoms. The maximum absolute atomic E-state index is 9.41. The van der Waals surface area contributed by atoms with E-state index >= 15 is 0 Å². The summed E-state index contributed by atoms with van der Waals surface area (Å²) in [6.45, 7) is 0.580. The van der Waals surface area contributed by atoms with Gasteiger partial charge in [-0.25, -0.2) is 0 Å². The number of hydrogen-bond acceptors (Lipinski definition) is 4. The second kappa shape index (κ2) is 5.55. The summed E-state index contributed by atoms with van der Waals surface area (Å²) < 4.78 is 0. The van der Waals surface area contributed by atoms with Gasteiger partial charge in [-0.1, -0.05) is 35.5 Å². The van der Waals surface area contributed by atoms with Crippen LogP contribution in [0.15, 0.2) is 46.9 Å². The van der Waals surface area contributed by atoms with Gasteiger partial charge in [0.25, 0.3) is 0 Å². The van der Waals surface area contributed by atoms with Crippen LogP contribution < -0.4 is 0 Å². The lowest BCUT2D eigenvalue weighted by atomic mass is 10.1. The van der Waals surface area contributed by atoms with E-state index in [-0.39, 0.29) is 12.5 Å². The van der Waals surface area contributed by atoms with E-state index in [1.165, 1.54) is 4.88 Å². The number of aliphatic hydroxyl groups excluding tert-OH is 1. The molecule has 3 nitrogen and oxygen atoms in total. The van der Waals surface area contributed by atoms with Gasteiger partial charge in [-0.2, -0.15) is 0 Å². The molecule has 0 spiro atoms. The first-order valence-corrected chi connectivity index (χ1v) is 7.18. The Balaban J connectivity index is 1.72. The minimum atomic E-state index is 0.0817. The molecule has 1 aliphatic rings. The van der Waals surface area contributed by atoms with Crippen LogP contribution in [0.1, 0.15) is 16.0 Å². The van der Waals surface area contributed by atoms with E-state index in [1.54, 1.807) is 11.3 Å². The first-order chi connectivity index (χ1) is 9.38. The van der Waals surface area contributed by atoms with Crippen LogP contribution in [0, 0.1) is 5.92 Å². The van der Waals surface area contributed by atoms with Gasteiger partial charge >= 0.3 is 0 Å². The zero-order valence-electron chi connectivity index (χ0n) is 10.5. The average Bonchev–Trinajstić information content (AvgIpc) is 3.02.